The standard InChI is InChI=1S/C14H25NO3/c1-10(2)14(3,13(17)18)9-12(16)15-8-7-11-5-4-6-11/h10-11H,4-9H2,1-3H3,(H,15,16)(H,17,18). The van der Waals surface area contributed by atoms with Gasteiger partial charge in [-0.3, -0.25) is 9.59 Å². The number of amides is 1. The molecule has 2 N–H and O–H groups in total. The number of nitrogens with one attached hydrogen (secondary N) is 1. The van der Waals surface area contributed by atoms with Gasteiger partial charge in [0.15, 0.2) is 0 Å². The van der Waals surface area contributed by atoms with E-state index in [9.17, 15) is 14.7 Å². The van der Waals surface area contributed by atoms with E-state index in [2.05, 4.69) is 5.32 Å². The number of hydrogen-bond donors (Lipinski definition) is 2. The van der Waals surface area contributed by atoms with Crippen LogP contribution in [0.15, 0.2) is 0 Å². The van der Waals surface area contributed by atoms with Crippen LogP contribution in [-0.2, 0) is 9.59 Å². The van der Waals surface area contributed by atoms with Crippen LogP contribution in [0.1, 0.15) is 52.9 Å². The van der Waals surface area contributed by atoms with Gasteiger partial charge in [0.25, 0.3) is 0 Å². The van der Waals surface area contributed by atoms with Gasteiger partial charge in [0, 0.05) is 13.0 Å². The number of hydrogen-bond acceptors (Lipinski definition) is 2. The third kappa shape index (κ3) is 3.72. The maximum Gasteiger partial charge on any atom is 0.310 e. The quantitative estimate of drug-likeness (QED) is 0.734. The molecule has 1 saturated carbocycles. The van der Waals surface area contributed by atoms with Gasteiger partial charge in [-0.15, -0.1) is 0 Å². The summed E-state index contributed by atoms with van der Waals surface area (Å²) in [6, 6.07) is 0. The van der Waals surface area contributed by atoms with Gasteiger partial charge in [-0.05, 0) is 25.2 Å². The van der Waals surface area contributed by atoms with Gasteiger partial charge in [-0.2, -0.15) is 0 Å². The minimum absolute atomic E-state index is 0.0602. The fourth-order valence-corrected chi connectivity index (χ4v) is 2.12. The van der Waals surface area contributed by atoms with Crippen molar-refractivity contribution in [1.29, 1.82) is 0 Å². The zero-order valence-electron chi connectivity index (χ0n) is 11.7. The summed E-state index contributed by atoms with van der Waals surface area (Å²) in [6.07, 6.45) is 4.94. The predicted molar refractivity (Wildman–Crippen MR) is 70.2 cm³/mol. The molecule has 1 aliphatic rings. The van der Waals surface area contributed by atoms with E-state index in [0.717, 1.165) is 12.3 Å². The topological polar surface area (TPSA) is 66.4 Å². The van der Waals surface area contributed by atoms with Crippen LogP contribution in [0, 0.1) is 17.3 Å². The van der Waals surface area contributed by atoms with Crippen molar-refractivity contribution < 1.29 is 14.7 Å². The Morgan fingerprint density at radius 3 is 2.39 bits per heavy atom. The SMILES string of the molecule is CC(C)C(C)(CC(=O)NCCC1CCC1)C(=O)O. The lowest BCUT2D eigenvalue weighted by Gasteiger charge is -2.29. The summed E-state index contributed by atoms with van der Waals surface area (Å²) in [5.41, 5.74) is -0.972. The Morgan fingerprint density at radius 2 is 2.00 bits per heavy atom. The lowest BCUT2D eigenvalue weighted by atomic mass is 9.76. The van der Waals surface area contributed by atoms with E-state index in [0.29, 0.717) is 6.54 Å². The second-order valence-electron chi connectivity index (χ2n) is 5.99. The van der Waals surface area contributed by atoms with E-state index >= 15 is 0 Å². The van der Waals surface area contributed by atoms with E-state index in [1.807, 2.05) is 13.8 Å². The van der Waals surface area contributed by atoms with Crippen LogP contribution < -0.4 is 5.32 Å². The highest BCUT2D eigenvalue weighted by molar-refractivity contribution is 5.84. The molecule has 4 nitrogen and oxygen atoms in total. The van der Waals surface area contributed by atoms with Gasteiger partial charge in [0.2, 0.25) is 5.91 Å². The Kier molecular flexibility index (Phi) is 5.17. The number of carbonyl (C=O) groups excluding carboxylic acids is 1. The smallest absolute Gasteiger partial charge is 0.310 e. The summed E-state index contributed by atoms with van der Waals surface area (Å²) in [5.74, 6) is -0.340. The molecule has 0 radical (unpaired) electrons. The van der Waals surface area contributed by atoms with E-state index in [1.165, 1.54) is 19.3 Å². The Bertz CT molecular complexity index is 310. The summed E-state index contributed by atoms with van der Waals surface area (Å²) >= 11 is 0. The fraction of sp³-hybridized carbons (Fsp3) is 0.857. The van der Waals surface area contributed by atoms with Crippen LogP contribution in [0.25, 0.3) is 0 Å². The van der Waals surface area contributed by atoms with Crippen molar-refractivity contribution in [3.05, 3.63) is 0 Å². The molecular formula is C14H25NO3. The first kappa shape index (κ1) is 15.0. The van der Waals surface area contributed by atoms with Crippen LogP contribution in [0.2, 0.25) is 0 Å². The van der Waals surface area contributed by atoms with Crippen LogP contribution in [-0.4, -0.2) is 23.5 Å². The highest BCUT2D eigenvalue weighted by Gasteiger charge is 2.38. The van der Waals surface area contributed by atoms with Gasteiger partial charge in [-0.25, -0.2) is 0 Å². The first-order chi connectivity index (χ1) is 8.36. The summed E-state index contributed by atoms with van der Waals surface area (Å²) in [7, 11) is 0. The van der Waals surface area contributed by atoms with E-state index in [1.54, 1.807) is 6.92 Å². The molecule has 1 amide bonds. The van der Waals surface area contributed by atoms with Crippen LogP contribution >= 0.6 is 0 Å². The molecular weight excluding hydrogens is 230 g/mol. The Morgan fingerprint density at radius 1 is 1.39 bits per heavy atom. The van der Waals surface area contributed by atoms with Gasteiger partial charge in [0.05, 0.1) is 5.41 Å². The third-order valence-electron chi connectivity index (χ3n) is 4.39. The Hall–Kier alpha value is -1.06. The van der Waals surface area contributed by atoms with Gasteiger partial charge in [-0.1, -0.05) is 33.1 Å². The molecule has 4 heteroatoms. The number of rotatable bonds is 7. The number of carboxylic acids is 1. The zero-order chi connectivity index (χ0) is 13.8. The lowest BCUT2D eigenvalue weighted by Crippen LogP contribution is -2.39. The second kappa shape index (κ2) is 6.21. The highest BCUT2D eigenvalue weighted by Crippen LogP contribution is 2.31. The van der Waals surface area contributed by atoms with Crippen molar-refractivity contribution >= 4 is 11.9 Å². The Balaban J connectivity index is 2.34. The molecule has 104 valence electrons. The van der Waals surface area contributed by atoms with E-state index < -0.39 is 11.4 Å². The molecule has 0 aromatic carbocycles. The molecule has 0 heterocycles. The number of carboxylic acid groups (broad SMARTS) is 1. The fourth-order valence-electron chi connectivity index (χ4n) is 2.12. The van der Waals surface area contributed by atoms with Crippen LogP contribution in [0.5, 0.6) is 0 Å². The summed E-state index contributed by atoms with van der Waals surface area (Å²) in [6.45, 7) is 6.01. The largest absolute Gasteiger partial charge is 0.481 e. The van der Waals surface area contributed by atoms with Crippen molar-refractivity contribution in [2.24, 2.45) is 17.3 Å². The van der Waals surface area contributed by atoms with Gasteiger partial charge < -0.3 is 10.4 Å². The third-order valence-corrected chi connectivity index (χ3v) is 4.39. The molecule has 1 atom stereocenters. The van der Waals surface area contributed by atoms with Crippen molar-refractivity contribution in [1.82, 2.24) is 5.32 Å². The average molecular weight is 255 g/mol. The summed E-state index contributed by atoms with van der Waals surface area (Å²) in [5, 5.41) is 12.1. The molecule has 0 aromatic rings. The number of carbonyl (C=O) groups is 2. The molecule has 1 aliphatic carbocycles. The molecule has 1 rings (SSSR count). The summed E-state index contributed by atoms with van der Waals surface area (Å²) in [4.78, 5) is 23.0. The maximum atomic E-state index is 11.8. The molecule has 18 heavy (non-hydrogen) atoms. The van der Waals surface area contributed by atoms with Crippen molar-refractivity contribution in [3.8, 4) is 0 Å². The van der Waals surface area contributed by atoms with Gasteiger partial charge in [0.1, 0.15) is 0 Å². The number of aliphatic carboxylic acids is 1. The molecule has 1 unspecified atom stereocenters. The minimum Gasteiger partial charge on any atom is -0.481 e. The summed E-state index contributed by atoms with van der Waals surface area (Å²) < 4.78 is 0. The Labute approximate surface area is 109 Å². The van der Waals surface area contributed by atoms with Crippen molar-refractivity contribution in [2.45, 2.75) is 52.9 Å². The average Bonchev–Trinajstić information content (AvgIpc) is 2.21. The molecule has 1 fully saturated rings. The molecule has 0 saturated heterocycles. The molecule has 0 aromatic heterocycles. The molecule has 0 spiro atoms. The van der Waals surface area contributed by atoms with Crippen molar-refractivity contribution in [3.63, 3.8) is 0 Å². The van der Waals surface area contributed by atoms with Crippen LogP contribution in [0.4, 0.5) is 0 Å². The first-order valence-corrected chi connectivity index (χ1v) is 6.86. The maximum absolute atomic E-state index is 11.8. The zero-order valence-corrected chi connectivity index (χ0v) is 11.7. The second-order valence-corrected chi connectivity index (χ2v) is 5.99. The first-order valence-electron chi connectivity index (χ1n) is 6.86. The lowest BCUT2D eigenvalue weighted by molar-refractivity contribution is -0.153. The highest BCUT2D eigenvalue weighted by atomic mass is 16.4. The predicted octanol–water partition coefficient (Wildman–Crippen LogP) is 2.43. The van der Waals surface area contributed by atoms with Gasteiger partial charge >= 0.3 is 5.97 Å². The van der Waals surface area contributed by atoms with Crippen LogP contribution in [0.3, 0.4) is 0 Å². The normalized spacial score (nSPS) is 19.1. The molecule has 0 bridgehead atoms. The van der Waals surface area contributed by atoms with Crippen molar-refractivity contribution in [2.75, 3.05) is 6.54 Å². The minimum atomic E-state index is -0.972. The van der Waals surface area contributed by atoms with E-state index in [4.69, 9.17) is 0 Å². The van der Waals surface area contributed by atoms with E-state index in [-0.39, 0.29) is 18.2 Å². The monoisotopic (exact) mass is 255 g/mol. The molecule has 0 aliphatic heterocycles.